The summed E-state index contributed by atoms with van der Waals surface area (Å²) in [4.78, 5) is 26.0. The number of hydrogen-bond donors (Lipinski definition) is 2. The third-order valence-corrected chi connectivity index (χ3v) is 3.16. The summed E-state index contributed by atoms with van der Waals surface area (Å²) < 4.78 is 5.57. The fourth-order valence-electron chi connectivity index (χ4n) is 1.79. The second kappa shape index (κ2) is 7.61. The van der Waals surface area contributed by atoms with Gasteiger partial charge in [0.25, 0.3) is 0 Å². The normalized spacial score (nSPS) is 10.4. The maximum atomic E-state index is 11.5. The predicted molar refractivity (Wildman–Crippen MR) is 80.5 cm³/mol. The van der Waals surface area contributed by atoms with E-state index in [1.807, 2.05) is 12.1 Å². The van der Waals surface area contributed by atoms with Crippen LogP contribution >= 0.6 is 11.6 Å². The Kier molecular flexibility index (Phi) is 5.55. The van der Waals surface area contributed by atoms with Gasteiger partial charge in [-0.2, -0.15) is 0 Å². The minimum Gasteiger partial charge on any atom is -0.481 e. The Morgan fingerprint density at radius 3 is 2.64 bits per heavy atom. The number of nitrogens with zero attached hydrogens (tertiary/aromatic N) is 1. The molecular formula is C15H15ClN2O4. The Morgan fingerprint density at radius 1 is 1.23 bits per heavy atom. The quantitative estimate of drug-likeness (QED) is 0.817. The molecule has 1 heterocycles. The van der Waals surface area contributed by atoms with Gasteiger partial charge in [-0.1, -0.05) is 11.6 Å². The highest BCUT2D eigenvalue weighted by atomic mass is 35.5. The van der Waals surface area contributed by atoms with E-state index in [-0.39, 0.29) is 25.3 Å². The zero-order chi connectivity index (χ0) is 15.9. The van der Waals surface area contributed by atoms with Crippen molar-refractivity contribution in [1.82, 2.24) is 10.3 Å². The number of halogens is 1. The van der Waals surface area contributed by atoms with E-state index in [1.165, 1.54) is 0 Å². The number of aliphatic carboxylic acids is 1. The molecule has 0 unspecified atom stereocenters. The second-order valence-corrected chi connectivity index (χ2v) is 5.06. The van der Waals surface area contributed by atoms with E-state index in [1.54, 1.807) is 18.3 Å². The summed E-state index contributed by atoms with van der Waals surface area (Å²) in [5, 5.41) is 11.6. The van der Waals surface area contributed by atoms with Gasteiger partial charge in [0.15, 0.2) is 11.7 Å². The monoisotopic (exact) mass is 322 g/mol. The van der Waals surface area contributed by atoms with Crippen molar-refractivity contribution in [2.24, 2.45) is 0 Å². The summed E-state index contributed by atoms with van der Waals surface area (Å²) in [7, 11) is 0. The molecule has 0 atom stereocenters. The van der Waals surface area contributed by atoms with Crippen molar-refractivity contribution in [2.75, 3.05) is 6.54 Å². The number of hydrogen-bond acceptors (Lipinski definition) is 4. The highest BCUT2D eigenvalue weighted by molar-refractivity contribution is 6.30. The van der Waals surface area contributed by atoms with Gasteiger partial charge in [0.05, 0.1) is 12.6 Å². The van der Waals surface area contributed by atoms with Crippen LogP contribution in [0.4, 0.5) is 0 Å². The third-order valence-electron chi connectivity index (χ3n) is 2.91. The first kappa shape index (κ1) is 16.0. The first-order valence-corrected chi connectivity index (χ1v) is 7.11. The number of carbonyl (C=O) groups is 2. The Bertz CT molecular complexity index is 652. The average molecular weight is 323 g/mol. The van der Waals surface area contributed by atoms with E-state index < -0.39 is 5.97 Å². The summed E-state index contributed by atoms with van der Waals surface area (Å²) in [5.41, 5.74) is 0.856. The first-order chi connectivity index (χ1) is 10.5. The summed E-state index contributed by atoms with van der Waals surface area (Å²) in [6.07, 6.45) is 2.05. The van der Waals surface area contributed by atoms with Crippen molar-refractivity contribution in [2.45, 2.75) is 19.3 Å². The van der Waals surface area contributed by atoms with Gasteiger partial charge in [-0.25, -0.2) is 4.98 Å². The average Bonchev–Trinajstić information content (AvgIpc) is 2.94. The molecule has 6 nitrogen and oxygen atoms in total. The molecule has 2 aromatic rings. The van der Waals surface area contributed by atoms with Gasteiger partial charge in [-0.3, -0.25) is 9.59 Å². The molecule has 0 saturated heterocycles. The lowest BCUT2D eigenvalue weighted by Gasteiger charge is -2.01. The fraction of sp³-hybridized carbons (Fsp3) is 0.267. The molecule has 2 rings (SSSR count). The van der Waals surface area contributed by atoms with E-state index in [9.17, 15) is 9.59 Å². The molecular weight excluding hydrogens is 308 g/mol. The minimum atomic E-state index is -0.944. The first-order valence-electron chi connectivity index (χ1n) is 6.74. The minimum absolute atomic E-state index is 0.0918. The molecule has 0 aliphatic heterocycles. The van der Waals surface area contributed by atoms with Crippen molar-refractivity contribution >= 4 is 23.5 Å². The zero-order valence-electron chi connectivity index (χ0n) is 11.7. The number of benzene rings is 1. The summed E-state index contributed by atoms with van der Waals surface area (Å²) in [6.45, 7) is 0.121. The number of carboxylic acid groups (broad SMARTS) is 1. The molecule has 0 radical (unpaired) electrons. The largest absolute Gasteiger partial charge is 0.481 e. The Hall–Kier alpha value is -2.34. The van der Waals surface area contributed by atoms with Crippen LogP contribution in [0.5, 0.6) is 0 Å². The number of aromatic nitrogens is 1. The van der Waals surface area contributed by atoms with Gasteiger partial charge in [-0.15, -0.1) is 0 Å². The molecule has 0 bridgehead atoms. The molecule has 22 heavy (non-hydrogen) atoms. The van der Waals surface area contributed by atoms with E-state index in [2.05, 4.69) is 10.3 Å². The van der Waals surface area contributed by atoms with Crippen LogP contribution in [0.1, 0.15) is 18.7 Å². The molecule has 0 fully saturated rings. The molecule has 2 N–H and O–H groups in total. The van der Waals surface area contributed by atoms with Gasteiger partial charge < -0.3 is 14.8 Å². The van der Waals surface area contributed by atoms with Gasteiger partial charge in [0, 0.05) is 30.0 Å². The highest BCUT2D eigenvalue weighted by Crippen LogP contribution is 2.22. The summed E-state index contributed by atoms with van der Waals surface area (Å²) in [5.74, 6) is -0.107. The zero-order valence-corrected chi connectivity index (χ0v) is 12.5. The van der Waals surface area contributed by atoms with Crippen molar-refractivity contribution in [3.8, 4) is 11.3 Å². The second-order valence-electron chi connectivity index (χ2n) is 4.62. The number of amides is 1. The molecule has 1 amide bonds. The van der Waals surface area contributed by atoms with Gasteiger partial charge in [0.1, 0.15) is 0 Å². The van der Waals surface area contributed by atoms with Crippen LogP contribution < -0.4 is 5.32 Å². The predicted octanol–water partition coefficient (Wildman–Crippen LogP) is 2.52. The van der Waals surface area contributed by atoms with Crippen LogP contribution in [0.15, 0.2) is 34.9 Å². The SMILES string of the molecule is O=C(O)CCNC(=O)CCc1ncc(-c2ccc(Cl)cc2)o1. The number of carbonyl (C=O) groups excluding carboxylic acids is 1. The third kappa shape index (κ3) is 4.89. The van der Waals surface area contributed by atoms with Crippen LogP contribution in [0.2, 0.25) is 5.02 Å². The van der Waals surface area contributed by atoms with E-state index >= 15 is 0 Å². The van der Waals surface area contributed by atoms with E-state index in [4.69, 9.17) is 21.1 Å². The molecule has 0 aliphatic rings. The van der Waals surface area contributed by atoms with Gasteiger partial charge in [0.2, 0.25) is 5.91 Å². The summed E-state index contributed by atoms with van der Waals surface area (Å²) >= 11 is 5.82. The number of oxazole rings is 1. The molecule has 1 aromatic heterocycles. The number of carboxylic acids is 1. The van der Waals surface area contributed by atoms with Crippen molar-refractivity contribution < 1.29 is 19.1 Å². The van der Waals surface area contributed by atoms with Crippen LogP contribution in [-0.2, 0) is 16.0 Å². The maximum Gasteiger partial charge on any atom is 0.305 e. The lowest BCUT2D eigenvalue weighted by Crippen LogP contribution is -2.26. The Balaban J connectivity index is 1.83. The number of aryl methyl sites for hydroxylation is 1. The van der Waals surface area contributed by atoms with Crippen molar-refractivity contribution in [3.05, 3.63) is 41.4 Å². The van der Waals surface area contributed by atoms with Gasteiger partial charge in [-0.05, 0) is 24.3 Å². The smallest absolute Gasteiger partial charge is 0.305 e. The maximum absolute atomic E-state index is 11.5. The van der Waals surface area contributed by atoms with E-state index in [0.717, 1.165) is 5.56 Å². The molecule has 116 valence electrons. The van der Waals surface area contributed by atoms with Gasteiger partial charge >= 0.3 is 5.97 Å². The lowest BCUT2D eigenvalue weighted by molar-refractivity contribution is -0.136. The molecule has 7 heteroatoms. The van der Waals surface area contributed by atoms with Crippen LogP contribution in [0.3, 0.4) is 0 Å². The topological polar surface area (TPSA) is 92.4 Å². The standard InChI is InChI=1S/C15H15ClN2O4/c16-11-3-1-10(2-4-11)12-9-18-14(22-12)6-5-13(19)17-8-7-15(20)21/h1-4,9H,5-8H2,(H,17,19)(H,20,21). The van der Waals surface area contributed by atoms with Crippen molar-refractivity contribution in [1.29, 1.82) is 0 Å². The summed E-state index contributed by atoms with van der Waals surface area (Å²) in [6, 6.07) is 7.17. The molecule has 0 aliphatic carbocycles. The molecule has 0 spiro atoms. The molecule has 1 aromatic carbocycles. The Morgan fingerprint density at radius 2 is 1.95 bits per heavy atom. The highest BCUT2D eigenvalue weighted by Gasteiger charge is 2.09. The van der Waals surface area contributed by atoms with Crippen LogP contribution in [-0.4, -0.2) is 28.5 Å². The van der Waals surface area contributed by atoms with Crippen LogP contribution in [0.25, 0.3) is 11.3 Å². The number of rotatable bonds is 7. The van der Waals surface area contributed by atoms with Crippen molar-refractivity contribution in [3.63, 3.8) is 0 Å². The number of nitrogens with one attached hydrogen (secondary N) is 1. The molecule has 0 saturated carbocycles. The fourth-order valence-corrected chi connectivity index (χ4v) is 1.92. The van der Waals surface area contributed by atoms with Crippen LogP contribution in [0, 0.1) is 0 Å². The lowest BCUT2D eigenvalue weighted by atomic mass is 10.2. The Labute approximate surface area is 132 Å². The van der Waals surface area contributed by atoms with E-state index in [0.29, 0.717) is 23.1 Å².